The van der Waals surface area contributed by atoms with Crippen molar-refractivity contribution < 1.29 is 10.2 Å². The summed E-state index contributed by atoms with van der Waals surface area (Å²) < 4.78 is 0. The van der Waals surface area contributed by atoms with Crippen molar-refractivity contribution in [3.05, 3.63) is 0 Å². The second kappa shape index (κ2) is 8.25. The summed E-state index contributed by atoms with van der Waals surface area (Å²) in [5.41, 5.74) is 0. The Morgan fingerprint density at radius 1 is 1.00 bits per heavy atom. The zero-order valence-electron chi connectivity index (χ0n) is 9.87. The lowest BCUT2D eigenvalue weighted by atomic mass is 9.98. The first-order chi connectivity index (χ1) is 6.57. The molecule has 2 atom stereocenters. The first-order valence-electron chi connectivity index (χ1n) is 5.94. The van der Waals surface area contributed by atoms with E-state index < -0.39 is 0 Å². The quantitative estimate of drug-likeness (QED) is 0.594. The fraction of sp³-hybridized carbons (Fsp3) is 1.00. The molecular formula is C12H26O2. The van der Waals surface area contributed by atoms with Crippen molar-refractivity contribution in [3.8, 4) is 0 Å². The molecule has 0 spiro atoms. The van der Waals surface area contributed by atoms with Gasteiger partial charge in [0.2, 0.25) is 0 Å². The monoisotopic (exact) mass is 202 g/mol. The van der Waals surface area contributed by atoms with E-state index >= 15 is 0 Å². The van der Waals surface area contributed by atoms with Gasteiger partial charge in [-0.05, 0) is 18.8 Å². The standard InChI is InChI=1S/C12H26O2/c1-4-5-6-7-8-11(13)9-12(14)10(2)3/h10-14H,4-9H2,1-3H3/t11-,12-/m1/s1. The first-order valence-corrected chi connectivity index (χ1v) is 5.94. The van der Waals surface area contributed by atoms with Crippen LogP contribution in [0.4, 0.5) is 0 Å². The van der Waals surface area contributed by atoms with Gasteiger partial charge < -0.3 is 10.2 Å². The van der Waals surface area contributed by atoms with E-state index in [9.17, 15) is 10.2 Å². The normalized spacial score (nSPS) is 15.9. The number of hydrogen-bond donors (Lipinski definition) is 2. The summed E-state index contributed by atoms with van der Waals surface area (Å²) in [6.45, 7) is 6.14. The third-order valence-electron chi connectivity index (χ3n) is 2.67. The summed E-state index contributed by atoms with van der Waals surface area (Å²) in [7, 11) is 0. The van der Waals surface area contributed by atoms with Gasteiger partial charge >= 0.3 is 0 Å². The van der Waals surface area contributed by atoms with Gasteiger partial charge in [0.1, 0.15) is 0 Å². The third-order valence-corrected chi connectivity index (χ3v) is 2.67. The van der Waals surface area contributed by atoms with Gasteiger partial charge in [0, 0.05) is 0 Å². The molecule has 0 saturated heterocycles. The predicted molar refractivity (Wildman–Crippen MR) is 60.2 cm³/mol. The second-order valence-corrected chi connectivity index (χ2v) is 4.55. The summed E-state index contributed by atoms with van der Waals surface area (Å²) in [6.07, 6.45) is 5.46. The Bertz CT molecular complexity index is 123. The molecule has 2 heteroatoms. The van der Waals surface area contributed by atoms with Crippen LogP contribution in [-0.2, 0) is 0 Å². The zero-order valence-corrected chi connectivity index (χ0v) is 9.87. The number of unbranched alkanes of at least 4 members (excludes halogenated alkanes) is 3. The maximum atomic E-state index is 9.61. The fourth-order valence-corrected chi connectivity index (χ4v) is 1.48. The summed E-state index contributed by atoms with van der Waals surface area (Å²) >= 11 is 0. The average molecular weight is 202 g/mol. The smallest absolute Gasteiger partial charge is 0.0587 e. The topological polar surface area (TPSA) is 40.5 Å². The molecule has 0 aliphatic carbocycles. The van der Waals surface area contributed by atoms with Crippen LogP contribution in [0.5, 0.6) is 0 Å². The maximum Gasteiger partial charge on any atom is 0.0587 e. The van der Waals surface area contributed by atoms with E-state index in [-0.39, 0.29) is 18.1 Å². The van der Waals surface area contributed by atoms with Crippen molar-refractivity contribution in [2.75, 3.05) is 0 Å². The minimum Gasteiger partial charge on any atom is -0.393 e. The van der Waals surface area contributed by atoms with Crippen LogP contribution in [-0.4, -0.2) is 22.4 Å². The van der Waals surface area contributed by atoms with Crippen LogP contribution in [0.1, 0.15) is 59.3 Å². The number of aliphatic hydroxyl groups excluding tert-OH is 2. The molecule has 0 aromatic carbocycles. The Balaban J connectivity index is 3.40. The lowest BCUT2D eigenvalue weighted by Crippen LogP contribution is -2.22. The maximum absolute atomic E-state index is 9.61. The lowest BCUT2D eigenvalue weighted by Gasteiger charge is -2.18. The molecule has 0 heterocycles. The van der Waals surface area contributed by atoms with E-state index in [0.717, 1.165) is 12.8 Å². The zero-order chi connectivity index (χ0) is 11.0. The van der Waals surface area contributed by atoms with Crippen LogP contribution in [0.25, 0.3) is 0 Å². The molecule has 0 bridgehead atoms. The number of rotatable bonds is 8. The predicted octanol–water partition coefficient (Wildman–Crippen LogP) is 2.72. The Labute approximate surface area is 88.3 Å². The molecule has 0 aliphatic heterocycles. The molecule has 0 aromatic heterocycles. The Morgan fingerprint density at radius 2 is 1.64 bits per heavy atom. The Morgan fingerprint density at radius 3 is 2.14 bits per heavy atom. The van der Waals surface area contributed by atoms with E-state index in [0.29, 0.717) is 6.42 Å². The highest BCUT2D eigenvalue weighted by atomic mass is 16.3. The molecule has 14 heavy (non-hydrogen) atoms. The molecule has 0 aliphatic rings. The molecule has 0 radical (unpaired) electrons. The summed E-state index contributed by atoms with van der Waals surface area (Å²) in [4.78, 5) is 0. The van der Waals surface area contributed by atoms with E-state index in [1.54, 1.807) is 0 Å². The lowest BCUT2D eigenvalue weighted by molar-refractivity contribution is 0.0488. The number of aliphatic hydroxyl groups is 2. The van der Waals surface area contributed by atoms with Gasteiger partial charge in [-0.15, -0.1) is 0 Å². The summed E-state index contributed by atoms with van der Waals surface area (Å²) in [6, 6.07) is 0. The van der Waals surface area contributed by atoms with E-state index in [4.69, 9.17) is 0 Å². The fourth-order valence-electron chi connectivity index (χ4n) is 1.48. The van der Waals surface area contributed by atoms with Crippen molar-refractivity contribution in [1.82, 2.24) is 0 Å². The van der Waals surface area contributed by atoms with Crippen molar-refractivity contribution in [2.45, 2.75) is 71.5 Å². The average Bonchev–Trinajstić information content (AvgIpc) is 2.12. The molecule has 86 valence electrons. The number of hydrogen-bond acceptors (Lipinski definition) is 2. The molecule has 0 fully saturated rings. The van der Waals surface area contributed by atoms with Gasteiger partial charge in [-0.25, -0.2) is 0 Å². The van der Waals surface area contributed by atoms with E-state index in [1.165, 1.54) is 19.3 Å². The highest BCUT2D eigenvalue weighted by Gasteiger charge is 2.14. The van der Waals surface area contributed by atoms with Gasteiger partial charge in [0.25, 0.3) is 0 Å². The van der Waals surface area contributed by atoms with Crippen LogP contribution < -0.4 is 0 Å². The van der Waals surface area contributed by atoms with Crippen molar-refractivity contribution in [2.24, 2.45) is 5.92 Å². The highest BCUT2D eigenvalue weighted by Crippen LogP contribution is 2.13. The van der Waals surface area contributed by atoms with Crippen molar-refractivity contribution in [1.29, 1.82) is 0 Å². The van der Waals surface area contributed by atoms with Crippen LogP contribution >= 0.6 is 0 Å². The summed E-state index contributed by atoms with van der Waals surface area (Å²) in [5.74, 6) is 0.250. The van der Waals surface area contributed by atoms with Gasteiger partial charge in [0.15, 0.2) is 0 Å². The van der Waals surface area contributed by atoms with Crippen molar-refractivity contribution >= 4 is 0 Å². The molecule has 0 amide bonds. The van der Waals surface area contributed by atoms with Gasteiger partial charge in [-0.2, -0.15) is 0 Å². The highest BCUT2D eigenvalue weighted by molar-refractivity contribution is 4.66. The Kier molecular flexibility index (Phi) is 8.20. The Hall–Kier alpha value is -0.0800. The third kappa shape index (κ3) is 7.34. The minimum atomic E-state index is -0.351. The van der Waals surface area contributed by atoms with Gasteiger partial charge in [-0.1, -0.05) is 46.5 Å². The van der Waals surface area contributed by atoms with Crippen LogP contribution in [0.2, 0.25) is 0 Å². The van der Waals surface area contributed by atoms with Crippen LogP contribution in [0, 0.1) is 5.92 Å². The van der Waals surface area contributed by atoms with Crippen LogP contribution in [0.3, 0.4) is 0 Å². The van der Waals surface area contributed by atoms with Crippen LogP contribution in [0.15, 0.2) is 0 Å². The van der Waals surface area contributed by atoms with E-state index in [2.05, 4.69) is 6.92 Å². The second-order valence-electron chi connectivity index (χ2n) is 4.55. The first kappa shape index (κ1) is 13.9. The molecular weight excluding hydrogens is 176 g/mol. The minimum absolute atomic E-state index is 0.250. The molecule has 2 nitrogen and oxygen atoms in total. The summed E-state index contributed by atoms with van der Waals surface area (Å²) in [5, 5.41) is 19.1. The molecule has 0 unspecified atom stereocenters. The molecule has 2 N–H and O–H groups in total. The van der Waals surface area contributed by atoms with Gasteiger partial charge in [0.05, 0.1) is 12.2 Å². The van der Waals surface area contributed by atoms with Gasteiger partial charge in [-0.3, -0.25) is 0 Å². The van der Waals surface area contributed by atoms with Crippen molar-refractivity contribution in [3.63, 3.8) is 0 Å². The molecule has 0 aromatic rings. The molecule has 0 rings (SSSR count). The molecule has 0 saturated carbocycles. The SMILES string of the molecule is CCCCCC[C@@H](O)C[C@@H](O)C(C)C. The largest absolute Gasteiger partial charge is 0.393 e. The van der Waals surface area contributed by atoms with E-state index in [1.807, 2.05) is 13.8 Å².